The van der Waals surface area contributed by atoms with Crippen molar-refractivity contribution in [2.45, 2.75) is 51.4 Å². The Morgan fingerprint density at radius 3 is 2.50 bits per heavy atom. The van der Waals surface area contributed by atoms with Gasteiger partial charge in [0.2, 0.25) is 5.91 Å². The third-order valence-electron chi connectivity index (χ3n) is 5.00. The number of aryl methyl sites for hydroxylation is 1. The minimum atomic E-state index is 0.301. The molecule has 0 atom stereocenters. The van der Waals surface area contributed by atoms with Crippen LogP contribution in [0.5, 0.6) is 0 Å². The molecule has 3 heteroatoms. The number of anilines is 1. The van der Waals surface area contributed by atoms with E-state index in [1.165, 1.54) is 57.3 Å². The van der Waals surface area contributed by atoms with Gasteiger partial charge in [0.15, 0.2) is 0 Å². The summed E-state index contributed by atoms with van der Waals surface area (Å²) >= 11 is 0. The van der Waals surface area contributed by atoms with Gasteiger partial charge < -0.3 is 9.80 Å². The number of para-hydroxylation sites is 1. The summed E-state index contributed by atoms with van der Waals surface area (Å²) in [7, 11) is 0. The van der Waals surface area contributed by atoms with Gasteiger partial charge in [-0.1, -0.05) is 31.0 Å². The zero-order valence-electron chi connectivity index (χ0n) is 13.6. The van der Waals surface area contributed by atoms with Gasteiger partial charge in [-0.25, -0.2) is 0 Å². The van der Waals surface area contributed by atoms with Crippen LogP contribution in [0.3, 0.4) is 0 Å². The van der Waals surface area contributed by atoms with Crippen LogP contribution in [0.2, 0.25) is 0 Å². The van der Waals surface area contributed by atoms with Crippen LogP contribution < -0.4 is 4.90 Å². The standard InChI is InChI=1S/C19H28N2O/c22-19-12-11-17-9-3-4-10-18(17)21(19)16-8-2-7-15-20-13-5-1-6-14-20/h3-4,9-10H,1-2,5-8,11-16H2. The number of carbonyl (C=O) groups is 1. The van der Waals surface area contributed by atoms with Crippen molar-refractivity contribution in [1.82, 2.24) is 4.90 Å². The molecule has 22 heavy (non-hydrogen) atoms. The Hall–Kier alpha value is -1.35. The fourth-order valence-electron chi connectivity index (χ4n) is 3.71. The normalized spacial score (nSPS) is 19.3. The van der Waals surface area contributed by atoms with Crippen molar-refractivity contribution in [3.63, 3.8) is 0 Å². The fourth-order valence-corrected chi connectivity index (χ4v) is 3.71. The number of carbonyl (C=O) groups excluding carboxylic acids is 1. The topological polar surface area (TPSA) is 23.6 Å². The smallest absolute Gasteiger partial charge is 0.227 e. The van der Waals surface area contributed by atoms with Crippen molar-refractivity contribution in [2.75, 3.05) is 31.1 Å². The van der Waals surface area contributed by atoms with Crippen LogP contribution in [-0.4, -0.2) is 37.0 Å². The largest absolute Gasteiger partial charge is 0.312 e. The van der Waals surface area contributed by atoms with Crippen LogP contribution in [0, 0.1) is 0 Å². The number of rotatable bonds is 6. The summed E-state index contributed by atoms with van der Waals surface area (Å²) in [6.07, 6.45) is 9.34. The summed E-state index contributed by atoms with van der Waals surface area (Å²) in [6.45, 7) is 4.70. The molecule has 1 fully saturated rings. The van der Waals surface area contributed by atoms with Gasteiger partial charge >= 0.3 is 0 Å². The molecule has 0 spiro atoms. The Kier molecular flexibility index (Phi) is 5.49. The molecule has 1 amide bonds. The highest BCUT2D eigenvalue weighted by molar-refractivity contribution is 5.96. The maximum atomic E-state index is 12.2. The van der Waals surface area contributed by atoms with Gasteiger partial charge in [-0.15, -0.1) is 0 Å². The molecule has 0 aliphatic carbocycles. The molecular weight excluding hydrogens is 272 g/mol. The molecular formula is C19H28N2O. The van der Waals surface area contributed by atoms with Gasteiger partial charge in [-0.3, -0.25) is 4.79 Å². The van der Waals surface area contributed by atoms with E-state index >= 15 is 0 Å². The van der Waals surface area contributed by atoms with E-state index in [9.17, 15) is 4.79 Å². The van der Waals surface area contributed by atoms with Gasteiger partial charge in [0.1, 0.15) is 0 Å². The molecule has 120 valence electrons. The second kappa shape index (κ2) is 7.77. The molecule has 0 aromatic heterocycles. The molecule has 2 heterocycles. The van der Waals surface area contributed by atoms with E-state index in [-0.39, 0.29) is 0 Å². The molecule has 2 aliphatic rings. The highest BCUT2D eigenvalue weighted by Crippen LogP contribution is 2.27. The van der Waals surface area contributed by atoms with Gasteiger partial charge in [-0.05, 0) is 63.4 Å². The molecule has 0 saturated carbocycles. The molecule has 1 saturated heterocycles. The molecule has 2 aliphatic heterocycles. The van der Waals surface area contributed by atoms with Gasteiger partial charge in [0.05, 0.1) is 0 Å². The average Bonchev–Trinajstić information content (AvgIpc) is 2.57. The second-order valence-electron chi connectivity index (χ2n) is 6.64. The first kappa shape index (κ1) is 15.5. The zero-order valence-corrected chi connectivity index (χ0v) is 13.6. The molecule has 0 N–H and O–H groups in total. The minimum absolute atomic E-state index is 0.301. The van der Waals surface area contributed by atoms with E-state index in [1.54, 1.807) is 0 Å². The van der Waals surface area contributed by atoms with Crippen LogP contribution in [0.4, 0.5) is 5.69 Å². The second-order valence-corrected chi connectivity index (χ2v) is 6.64. The van der Waals surface area contributed by atoms with Gasteiger partial charge in [0.25, 0.3) is 0 Å². The predicted molar refractivity (Wildman–Crippen MR) is 91.3 cm³/mol. The number of nitrogens with zero attached hydrogens (tertiary/aromatic N) is 2. The Labute approximate surface area is 134 Å². The number of piperidine rings is 1. The molecule has 0 bridgehead atoms. The average molecular weight is 300 g/mol. The molecule has 0 unspecified atom stereocenters. The predicted octanol–water partition coefficient (Wildman–Crippen LogP) is 3.62. The third kappa shape index (κ3) is 3.89. The summed E-state index contributed by atoms with van der Waals surface area (Å²) < 4.78 is 0. The van der Waals surface area contributed by atoms with Crippen LogP contribution in [0.15, 0.2) is 24.3 Å². The Bertz CT molecular complexity index is 494. The Morgan fingerprint density at radius 1 is 0.864 bits per heavy atom. The first-order valence-corrected chi connectivity index (χ1v) is 8.95. The van der Waals surface area contributed by atoms with E-state index in [0.717, 1.165) is 25.1 Å². The van der Waals surface area contributed by atoms with Crippen molar-refractivity contribution < 1.29 is 4.79 Å². The maximum Gasteiger partial charge on any atom is 0.227 e. The number of unbranched alkanes of at least 4 members (excludes halogenated alkanes) is 2. The molecule has 3 nitrogen and oxygen atoms in total. The lowest BCUT2D eigenvalue weighted by atomic mass is 10.0. The van der Waals surface area contributed by atoms with E-state index in [2.05, 4.69) is 23.1 Å². The number of amides is 1. The summed E-state index contributed by atoms with van der Waals surface area (Å²) in [6, 6.07) is 8.37. The SMILES string of the molecule is O=C1CCc2ccccc2N1CCCCCN1CCCCC1. The number of fused-ring (bicyclic) bond motifs is 1. The minimum Gasteiger partial charge on any atom is -0.312 e. The maximum absolute atomic E-state index is 12.2. The van der Waals surface area contributed by atoms with E-state index in [1.807, 2.05) is 11.0 Å². The molecule has 1 aromatic rings. The first-order chi connectivity index (χ1) is 10.8. The van der Waals surface area contributed by atoms with Crippen molar-refractivity contribution in [3.05, 3.63) is 29.8 Å². The van der Waals surface area contributed by atoms with Crippen LogP contribution in [0.25, 0.3) is 0 Å². The highest BCUT2D eigenvalue weighted by atomic mass is 16.2. The lowest BCUT2D eigenvalue weighted by Crippen LogP contribution is -2.36. The van der Waals surface area contributed by atoms with Gasteiger partial charge in [-0.2, -0.15) is 0 Å². The number of hydrogen-bond donors (Lipinski definition) is 0. The number of benzene rings is 1. The lowest BCUT2D eigenvalue weighted by Gasteiger charge is -2.29. The van der Waals surface area contributed by atoms with Crippen LogP contribution in [0.1, 0.15) is 50.5 Å². The first-order valence-electron chi connectivity index (χ1n) is 8.95. The summed E-state index contributed by atoms with van der Waals surface area (Å²) in [4.78, 5) is 16.8. The van der Waals surface area contributed by atoms with E-state index < -0.39 is 0 Å². The monoisotopic (exact) mass is 300 g/mol. The number of hydrogen-bond acceptors (Lipinski definition) is 2. The Balaban J connectivity index is 1.42. The van der Waals surface area contributed by atoms with E-state index in [4.69, 9.17) is 0 Å². The van der Waals surface area contributed by atoms with Crippen molar-refractivity contribution in [1.29, 1.82) is 0 Å². The third-order valence-corrected chi connectivity index (χ3v) is 5.00. The summed E-state index contributed by atoms with van der Waals surface area (Å²) in [5.41, 5.74) is 2.48. The van der Waals surface area contributed by atoms with Crippen molar-refractivity contribution >= 4 is 11.6 Å². The highest BCUT2D eigenvalue weighted by Gasteiger charge is 2.22. The summed E-state index contributed by atoms with van der Waals surface area (Å²) in [5, 5.41) is 0. The number of likely N-dealkylation sites (tertiary alicyclic amines) is 1. The van der Waals surface area contributed by atoms with Gasteiger partial charge in [0, 0.05) is 18.7 Å². The van der Waals surface area contributed by atoms with Crippen LogP contribution in [-0.2, 0) is 11.2 Å². The van der Waals surface area contributed by atoms with Crippen LogP contribution >= 0.6 is 0 Å². The quantitative estimate of drug-likeness (QED) is 0.749. The Morgan fingerprint density at radius 2 is 1.64 bits per heavy atom. The summed E-state index contributed by atoms with van der Waals surface area (Å²) in [5.74, 6) is 0.301. The molecule has 3 rings (SSSR count). The lowest BCUT2D eigenvalue weighted by molar-refractivity contribution is -0.118. The molecule has 1 aromatic carbocycles. The molecule has 0 radical (unpaired) electrons. The van der Waals surface area contributed by atoms with Crippen molar-refractivity contribution in [2.24, 2.45) is 0 Å². The zero-order chi connectivity index (χ0) is 15.2. The van der Waals surface area contributed by atoms with E-state index in [0.29, 0.717) is 12.3 Å². The fraction of sp³-hybridized carbons (Fsp3) is 0.632. The van der Waals surface area contributed by atoms with Crippen molar-refractivity contribution in [3.8, 4) is 0 Å².